The molecule has 0 aliphatic heterocycles. The smallest absolute Gasteiger partial charge is 0.232 e. The minimum absolute atomic E-state index is 0.0171. The summed E-state index contributed by atoms with van der Waals surface area (Å²) in [7, 11) is -1.94. The van der Waals surface area contributed by atoms with Gasteiger partial charge in [0.2, 0.25) is 15.9 Å². The second-order valence-corrected chi connectivity index (χ2v) is 4.49. The Morgan fingerprint density at radius 1 is 1.55 bits per heavy atom. The van der Waals surface area contributed by atoms with Crippen molar-refractivity contribution < 1.29 is 13.2 Å². The Morgan fingerprint density at radius 2 is 2.00 bits per heavy atom. The number of sulfonamides is 1. The lowest BCUT2D eigenvalue weighted by molar-refractivity contribution is -0.118. The predicted octanol–water partition coefficient (Wildman–Crippen LogP) is -1.25. The Hall–Kier alpha value is -0.620. The first-order valence-corrected chi connectivity index (χ1v) is 4.73. The molecule has 0 fully saturated rings. The molecule has 0 bridgehead atoms. The number of amides is 1. The van der Waals surface area contributed by atoms with Crippen molar-refractivity contribution >= 4 is 15.9 Å². The summed E-state index contributed by atoms with van der Waals surface area (Å²) in [6.45, 7) is 1.25. The first kappa shape index (κ1) is 10.4. The number of rotatable bonds is 4. The summed E-state index contributed by atoms with van der Waals surface area (Å²) in [4.78, 5) is 10.3. The van der Waals surface area contributed by atoms with Crippen LogP contribution in [-0.4, -0.2) is 38.0 Å². The van der Waals surface area contributed by atoms with E-state index in [1.807, 2.05) is 0 Å². The van der Waals surface area contributed by atoms with Crippen molar-refractivity contribution in [2.75, 3.05) is 19.3 Å². The number of carbonyl (C=O) groups excluding carboxylic acids is 1. The number of nitrogens with zero attached hydrogens (tertiary/aromatic N) is 1. The normalized spacial score (nSPS) is 11.9. The molecule has 2 N–H and O–H groups in total. The molecule has 0 aromatic carbocycles. The molecule has 6 heteroatoms. The van der Waals surface area contributed by atoms with Crippen molar-refractivity contribution in [3.8, 4) is 0 Å². The summed E-state index contributed by atoms with van der Waals surface area (Å²) in [5.41, 5.74) is 4.80. The Morgan fingerprint density at radius 3 is 2.27 bits per heavy atom. The highest BCUT2D eigenvalue weighted by molar-refractivity contribution is 7.89. The van der Waals surface area contributed by atoms with Crippen molar-refractivity contribution in [3.63, 3.8) is 0 Å². The number of likely N-dealkylation sites (N-methyl/N-ethyl adjacent to an activating group) is 1. The van der Waals surface area contributed by atoms with Gasteiger partial charge in [-0.3, -0.25) is 4.79 Å². The third-order valence-electron chi connectivity index (χ3n) is 1.22. The second-order valence-electron chi connectivity index (χ2n) is 2.12. The summed E-state index contributed by atoms with van der Waals surface area (Å²) in [5.74, 6) is -0.666. The van der Waals surface area contributed by atoms with Crippen LogP contribution in [0.5, 0.6) is 0 Å². The van der Waals surface area contributed by atoms with E-state index in [-0.39, 0.29) is 12.3 Å². The van der Waals surface area contributed by atoms with Gasteiger partial charge in [-0.1, -0.05) is 0 Å². The molecular formula is C5H12N2O3S. The van der Waals surface area contributed by atoms with Gasteiger partial charge in [-0.15, -0.1) is 0 Å². The van der Waals surface area contributed by atoms with Crippen LogP contribution in [0.4, 0.5) is 0 Å². The van der Waals surface area contributed by atoms with Gasteiger partial charge >= 0.3 is 0 Å². The lowest BCUT2D eigenvalue weighted by atomic mass is 10.6. The van der Waals surface area contributed by atoms with Crippen molar-refractivity contribution in [3.05, 3.63) is 0 Å². The molecule has 0 atom stereocenters. The Kier molecular flexibility index (Phi) is 3.47. The molecule has 0 radical (unpaired) electrons. The highest BCUT2D eigenvalue weighted by atomic mass is 32.2. The SMILES string of the molecule is CCS(=O)(=O)N(C)CC(N)=O. The number of primary amides is 1. The van der Waals surface area contributed by atoms with Crippen LogP contribution in [0.15, 0.2) is 0 Å². The lowest BCUT2D eigenvalue weighted by Gasteiger charge is -2.12. The van der Waals surface area contributed by atoms with E-state index < -0.39 is 15.9 Å². The van der Waals surface area contributed by atoms with Gasteiger partial charge < -0.3 is 5.73 Å². The van der Waals surface area contributed by atoms with Crippen LogP contribution in [0.25, 0.3) is 0 Å². The molecule has 0 rings (SSSR count). The Bertz CT molecular complexity index is 234. The second kappa shape index (κ2) is 3.68. The van der Waals surface area contributed by atoms with Gasteiger partial charge in [0.15, 0.2) is 0 Å². The molecule has 0 aromatic rings. The van der Waals surface area contributed by atoms with Crippen LogP contribution >= 0.6 is 0 Å². The van der Waals surface area contributed by atoms with Gasteiger partial charge in [0.25, 0.3) is 0 Å². The van der Waals surface area contributed by atoms with E-state index in [9.17, 15) is 13.2 Å². The van der Waals surface area contributed by atoms with Crippen LogP contribution in [0.2, 0.25) is 0 Å². The number of nitrogens with two attached hydrogens (primary N) is 1. The first-order chi connectivity index (χ1) is 4.90. The number of hydrogen-bond donors (Lipinski definition) is 1. The van der Waals surface area contributed by atoms with Crippen molar-refractivity contribution in [2.24, 2.45) is 5.73 Å². The third kappa shape index (κ3) is 3.33. The molecular weight excluding hydrogens is 168 g/mol. The van der Waals surface area contributed by atoms with E-state index in [1.54, 1.807) is 0 Å². The zero-order valence-corrected chi connectivity index (χ0v) is 7.39. The quantitative estimate of drug-likeness (QED) is 0.587. The fourth-order valence-electron chi connectivity index (χ4n) is 0.538. The molecule has 0 aliphatic rings. The van der Waals surface area contributed by atoms with Gasteiger partial charge in [0.05, 0.1) is 12.3 Å². The molecule has 0 aromatic heterocycles. The third-order valence-corrected chi connectivity index (χ3v) is 3.03. The average Bonchev–Trinajstić information content (AvgIpc) is 1.86. The summed E-state index contributed by atoms with van der Waals surface area (Å²) in [5, 5.41) is 0. The molecule has 0 saturated heterocycles. The van der Waals surface area contributed by atoms with Crippen molar-refractivity contribution in [1.82, 2.24) is 4.31 Å². The van der Waals surface area contributed by atoms with Gasteiger partial charge in [0, 0.05) is 7.05 Å². The zero-order chi connectivity index (χ0) is 9.07. The first-order valence-electron chi connectivity index (χ1n) is 3.12. The summed E-state index contributed by atoms with van der Waals surface area (Å²) < 4.78 is 22.8. The van der Waals surface area contributed by atoms with Crippen molar-refractivity contribution in [2.45, 2.75) is 6.92 Å². The standard InChI is InChI=1S/C5H12N2O3S/c1-3-11(9,10)7(2)4-5(6)8/h3-4H2,1-2H3,(H2,6,8). The molecule has 66 valence electrons. The lowest BCUT2D eigenvalue weighted by Crippen LogP contribution is -2.36. The maximum absolute atomic E-state index is 11.0. The van der Waals surface area contributed by atoms with E-state index in [0.717, 1.165) is 4.31 Å². The van der Waals surface area contributed by atoms with Crippen LogP contribution in [0, 0.1) is 0 Å². The van der Waals surface area contributed by atoms with Crippen molar-refractivity contribution in [1.29, 1.82) is 0 Å². The fourth-order valence-corrected chi connectivity index (χ4v) is 1.30. The number of hydrogen-bond acceptors (Lipinski definition) is 3. The Balaban J connectivity index is 4.26. The summed E-state index contributed by atoms with van der Waals surface area (Å²) >= 11 is 0. The minimum atomic E-state index is -3.26. The molecule has 1 amide bonds. The predicted molar refractivity (Wildman–Crippen MR) is 41.3 cm³/mol. The average molecular weight is 180 g/mol. The molecule has 0 saturated carbocycles. The molecule has 5 nitrogen and oxygen atoms in total. The summed E-state index contributed by atoms with van der Waals surface area (Å²) in [6, 6.07) is 0. The fraction of sp³-hybridized carbons (Fsp3) is 0.800. The maximum Gasteiger partial charge on any atom is 0.232 e. The van der Waals surface area contributed by atoms with Gasteiger partial charge in [0.1, 0.15) is 0 Å². The van der Waals surface area contributed by atoms with Gasteiger partial charge in [-0.2, -0.15) is 4.31 Å². The zero-order valence-electron chi connectivity index (χ0n) is 6.57. The van der Waals surface area contributed by atoms with E-state index in [0.29, 0.717) is 0 Å². The van der Waals surface area contributed by atoms with Crippen LogP contribution in [0.1, 0.15) is 6.92 Å². The topological polar surface area (TPSA) is 80.5 Å². The van der Waals surface area contributed by atoms with Crippen LogP contribution < -0.4 is 5.73 Å². The number of carbonyl (C=O) groups is 1. The molecule has 0 spiro atoms. The van der Waals surface area contributed by atoms with E-state index >= 15 is 0 Å². The highest BCUT2D eigenvalue weighted by Crippen LogP contribution is 1.95. The van der Waals surface area contributed by atoms with E-state index in [2.05, 4.69) is 0 Å². The Labute approximate surface area is 66.2 Å². The monoisotopic (exact) mass is 180 g/mol. The largest absolute Gasteiger partial charge is 0.369 e. The van der Waals surface area contributed by atoms with E-state index in [1.165, 1.54) is 14.0 Å². The van der Waals surface area contributed by atoms with Crippen LogP contribution in [0.3, 0.4) is 0 Å². The maximum atomic E-state index is 11.0. The highest BCUT2D eigenvalue weighted by Gasteiger charge is 2.16. The van der Waals surface area contributed by atoms with Gasteiger partial charge in [-0.25, -0.2) is 8.42 Å². The molecule has 0 aliphatic carbocycles. The van der Waals surface area contributed by atoms with Gasteiger partial charge in [-0.05, 0) is 6.92 Å². The summed E-state index contributed by atoms with van der Waals surface area (Å²) in [6.07, 6.45) is 0. The molecule has 11 heavy (non-hydrogen) atoms. The van der Waals surface area contributed by atoms with Crippen LogP contribution in [-0.2, 0) is 14.8 Å². The minimum Gasteiger partial charge on any atom is -0.369 e. The molecule has 0 unspecified atom stereocenters. The molecule has 0 heterocycles. The van der Waals surface area contributed by atoms with E-state index in [4.69, 9.17) is 5.73 Å².